The molecule has 0 aliphatic heterocycles. The predicted molar refractivity (Wildman–Crippen MR) is 58.9 cm³/mol. The number of allylic oxidation sites excluding steroid dienone is 2. The summed E-state index contributed by atoms with van der Waals surface area (Å²) in [7, 11) is 0. The van der Waals surface area contributed by atoms with Gasteiger partial charge in [-0.05, 0) is 36.0 Å². The molecule has 2 aliphatic rings. The standard InChI is InChI=1S/C14H14/c1-10-11-6-2-4-8-13(11)14-9-5-3-7-12(10)14/h2,4,6,8,10H,3,5,9H2,1H3. The molecule has 3 rings (SSSR count). The Kier molecular flexibility index (Phi) is 1.76. The molecule has 1 atom stereocenters. The van der Waals surface area contributed by atoms with Crippen LogP contribution in [0.5, 0.6) is 0 Å². The highest BCUT2D eigenvalue weighted by Crippen LogP contribution is 2.47. The highest BCUT2D eigenvalue weighted by molar-refractivity contribution is 5.80. The normalized spacial score (nSPS) is 24.8. The number of benzene rings is 1. The lowest BCUT2D eigenvalue weighted by Crippen LogP contribution is -1.98. The van der Waals surface area contributed by atoms with E-state index >= 15 is 0 Å². The van der Waals surface area contributed by atoms with Crippen molar-refractivity contribution in [2.24, 2.45) is 0 Å². The van der Waals surface area contributed by atoms with Crippen molar-refractivity contribution in [2.75, 3.05) is 0 Å². The zero-order valence-electron chi connectivity index (χ0n) is 8.51. The van der Waals surface area contributed by atoms with Gasteiger partial charge in [-0.2, -0.15) is 0 Å². The Balaban J connectivity index is 2.18. The van der Waals surface area contributed by atoms with Crippen molar-refractivity contribution >= 4 is 5.57 Å². The molecular formula is C14H14. The van der Waals surface area contributed by atoms with Gasteiger partial charge in [0.15, 0.2) is 0 Å². The molecule has 0 saturated heterocycles. The van der Waals surface area contributed by atoms with Crippen LogP contribution in [0.25, 0.3) is 5.57 Å². The van der Waals surface area contributed by atoms with Gasteiger partial charge >= 0.3 is 0 Å². The van der Waals surface area contributed by atoms with Crippen LogP contribution in [0.15, 0.2) is 29.8 Å². The first-order valence-electron chi connectivity index (χ1n) is 5.44. The molecule has 0 saturated carbocycles. The van der Waals surface area contributed by atoms with E-state index in [1.807, 2.05) is 0 Å². The molecule has 0 spiro atoms. The van der Waals surface area contributed by atoms with Crippen molar-refractivity contribution < 1.29 is 0 Å². The van der Waals surface area contributed by atoms with E-state index in [2.05, 4.69) is 37.6 Å². The maximum absolute atomic E-state index is 3.56. The molecule has 70 valence electrons. The van der Waals surface area contributed by atoms with E-state index in [4.69, 9.17) is 0 Å². The zero-order chi connectivity index (χ0) is 9.54. The first-order valence-corrected chi connectivity index (χ1v) is 5.44. The summed E-state index contributed by atoms with van der Waals surface area (Å²) in [5.74, 6) is 0.585. The number of hydrogen-bond donors (Lipinski definition) is 0. The van der Waals surface area contributed by atoms with Crippen LogP contribution in [0.4, 0.5) is 0 Å². The predicted octanol–water partition coefficient (Wildman–Crippen LogP) is 3.82. The van der Waals surface area contributed by atoms with Crippen molar-refractivity contribution in [3.05, 3.63) is 47.4 Å². The second-order valence-electron chi connectivity index (χ2n) is 4.23. The van der Waals surface area contributed by atoms with E-state index in [1.54, 1.807) is 5.57 Å². The molecule has 0 heterocycles. The van der Waals surface area contributed by atoms with Crippen LogP contribution in [0.2, 0.25) is 0 Å². The van der Waals surface area contributed by atoms with E-state index in [1.165, 1.54) is 29.5 Å². The van der Waals surface area contributed by atoms with Gasteiger partial charge in [0.05, 0.1) is 0 Å². The monoisotopic (exact) mass is 182 g/mol. The van der Waals surface area contributed by atoms with Crippen molar-refractivity contribution in [3.8, 4) is 0 Å². The van der Waals surface area contributed by atoms with Crippen LogP contribution < -0.4 is 0 Å². The topological polar surface area (TPSA) is 0 Å². The third-order valence-corrected chi connectivity index (χ3v) is 3.43. The van der Waals surface area contributed by atoms with E-state index < -0.39 is 0 Å². The summed E-state index contributed by atoms with van der Waals surface area (Å²) in [5.41, 5.74) is 6.05. The fourth-order valence-corrected chi connectivity index (χ4v) is 2.73. The largest absolute Gasteiger partial charge is 0.0619 e. The van der Waals surface area contributed by atoms with Crippen molar-refractivity contribution in [1.82, 2.24) is 0 Å². The molecule has 0 heteroatoms. The van der Waals surface area contributed by atoms with Gasteiger partial charge < -0.3 is 0 Å². The molecule has 0 bridgehead atoms. The van der Waals surface area contributed by atoms with Gasteiger partial charge in [0.25, 0.3) is 0 Å². The molecule has 0 aromatic heterocycles. The van der Waals surface area contributed by atoms with E-state index in [0.717, 1.165) is 6.42 Å². The maximum Gasteiger partial charge on any atom is 0.0130 e. The second kappa shape index (κ2) is 2.98. The summed E-state index contributed by atoms with van der Waals surface area (Å²) < 4.78 is 0. The highest BCUT2D eigenvalue weighted by Gasteiger charge is 2.29. The molecule has 1 aromatic rings. The molecule has 0 fully saturated rings. The Labute approximate surface area is 85.6 Å². The summed E-state index contributed by atoms with van der Waals surface area (Å²) in [5, 5.41) is 0. The molecule has 14 heavy (non-hydrogen) atoms. The van der Waals surface area contributed by atoms with Crippen molar-refractivity contribution in [1.29, 1.82) is 0 Å². The number of fused-ring (bicyclic) bond motifs is 2. The fourth-order valence-electron chi connectivity index (χ4n) is 2.73. The van der Waals surface area contributed by atoms with E-state index in [-0.39, 0.29) is 0 Å². The first kappa shape index (κ1) is 8.28. The lowest BCUT2D eigenvalue weighted by Gasteiger charge is -2.15. The van der Waals surface area contributed by atoms with Gasteiger partial charge in [0, 0.05) is 12.3 Å². The van der Waals surface area contributed by atoms with Crippen molar-refractivity contribution in [3.63, 3.8) is 0 Å². The van der Waals surface area contributed by atoms with Crippen molar-refractivity contribution in [2.45, 2.75) is 32.1 Å². The van der Waals surface area contributed by atoms with E-state index in [9.17, 15) is 0 Å². The SMILES string of the molecule is CC1C2=C(CCC[C]2)c2ccccc21. The van der Waals surface area contributed by atoms with Crippen LogP contribution in [0, 0.1) is 6.42 Å². The minimum atomic E-state index is 0.585. The van der Waals surface area contributed by atoms with Gasteiger partial charge in [-0.3, -0.25) is 0 Å². The second-order valence-corrected chi connectivity index (χ2v) is 4.23. The highest BCUT2D eigenvalue weighted by atomic mass is 14.3. The molecule has 0 amide bonds. The average Bonchev–Trinajstić information content (AvgIpc) is 2.55. The summed E-state index contributed by atoms with van der Waals surface area (Å²) in [6, 6.07) is 8.82. The third-order valence-electron chi connectivity index (χ3n) is 3.43. The number of hydrogen-bond acceptors (Lipinski definition) is 0. The summed E-state index contributed by atoms with van der Waals surface area (Å²) in [6.07, 6.45) is 7.24. The Bertz CT molecular complexity index is 398. The molecular weight excluding hydrogens is 168 g/mol. The fraction of sp³-hybridized carbons (Fsp3) is 0.357. The molecule has 1 aromatic carbocycles. The third kappa shape index (κ3) is 1.00. The number of rotatable bonds is 0. The Morgan fingerprint density at radius 2 is 2.14 bits per heavy atom. The zero-order valence-corrected chi connectivity index (χ0v) is 8.51. The van der Waals surface area contributed by atoms with E-state index in [0.29, 0.717) is 5.92 Å². The van der Waals surface area contributed by atoms with Gasteiger partial charge in [-0.25, -0.2) is 0 Å². The summed E-state index contributed by atoms with van der Waals surface area (Å²) in [6.45, 7) is 2.31. The maximum atomic E-state index is 3.56. The lowest BCUT2D eigenvalue weighted by atomic mass is 9.89. The molecule has 1 unspecified atom stereocenters. The lowest BCUT2D eigenvalue weighted by molar-refractivity contribution is 0.784. The molecule has 2 aliphatic carbocycles. The average molecular weight is 182 g/mol. The summed E-state index contributed by atoms with van der Waals surface area (Å²) >= 11 is 0. The van der Waals surface area contributed by atoms with Crippen LogP contribution >= 0.6 is 0 Å². The van der Waals surface area contributed by atoms with Gasteiger partial charge in [-0.1, -0.05) is 36.8 Å². The molecule has 0 N–H and O–H groups in total. The minimum Gasteiger partial charge on any atom is -0.0619 e. The Morgan fingerprint density at radius 3 is 3.07 bits per heavy atom. The van der Waals surface area contributed by atoms with Crippen LogP contribution in [-0.4, -0.2) is 0 Å². The first-order chi connectivity index (χ1) is 6.88. The quantitative estimate of drug-likeness (QED) is 0.572. The van der Waals surface area contributed by atoms with Crippen LogP contribution in [0.3, 0.4) is 0 Å². The summed E-state index contributed by atoms with van der Waals surface area (Å²) in [4.78, 5) is 0. The van der Waals surface area contributed by atoms with Gasteiger partial charge in [0.2, 0.25) is 0 Å². The van der Waals surface area contributed by atoms with Crippen LogP contribution in [-0.2, 0) is 0 Å². The van der Waals surface area contributed by atoms with Crippen LogP contribution in [0.1, 0.15) is 43.2 Å². The Morgan fingerprint density at radius 1 is 1.29 bits per heavy atom. The molecule has 2 radical (unpaired) electrons. The van der Waals surface area contributed by atoms with Gasteiger partial charge in [0.1, 0.15) is 0 Å². The Hall–Kier alpha value is -1.04. The van der Waals surface area contributed by atoms with Gasteiger partial charge in [-0.15, -0.1) is 0 Å². The smallest absolute Gasteiger partial charge is 0.0130 e. The molecule has 0 nitrogen and oxygen atoms in total. The minimum absolute atomic E-state index is 0.585.